The van der Waals surface area contributed by atoms with Crippen LogP contribution in [0.25, 0.3) is 0 Å². The summed E-state index contributed by atoms with van der Waals surface area (Å²) < 4.78 is 19.9. The molecule has 0 unspecified atom stereocenters. The molecule has 6 nitrogen and oxygen atoms in total. The summed E-state index contributed by atoms with van der Waals surface area (Å²) in [7, 11) is -3.07. The van der Waals surface area contributed by atoms with Gasteiger partial charge in [-0.2, -0.15) is 8.42 Å². The van der Waals surface area contributed by atoms with Crippen LogP contribution in [-0.4, -0.2) is 25.2 Å². The van der Waals surface area contributed by atoms with Crippen LogP contribution < -0.4 is 10.2 Å². The topological polar surface area (TPSA) is 114 Å². The van der Waals surface area contributed by atoms with Gasteiger partial charge >= 0.3 is 0 Å². The molecule has 0 radical (unpaired) electrons. The minimum absolute atomic E-state index is 1.17. The van der Waals surface area contributed by atoms with Crippen LogP contribution in [0, 0.1) is 0 Å². The van der Waals surface area contributed by atoms with Crippen LogP contribution in [-0.2, 0) is 19.9 Å². The molecule has 0 bridgehead atoms. The molecular formula is C4H2O6S-2. The molecule has 0 aliphatic carbocycles. The average molecular weight is 178 g/mol. The van der Waals surface area contributed by atoms with Gasteiger partial charge in [0.1, 0.15) is 4.86 Å². The Labute approximate surface area is 62.6 Å². The highest BCUT2D eigenvalue weighted by atomic mass is 32.2. The number of carboxylic acids is 2. The first-order chi connectivity index (χ1) is 4.95. The molecular weight excluding hydrogens is 176 g/mol. The third-order valence-electron chi connectivity index (χ3n) is 0.734. The Hall–Kier alpha value is -1.37. The molecule has 0 spiro atoms. The van der Waals surface area contributed by atoms with Crippen LogP contribution in [0.5, 0.6) is 0 Å². The monoisotopic (exact) mass is 178 g/mol. The van der Waals surface area contributed by atoms with E-state index in [1.54, 1.807) is 0 Å². The van der Waals surface area contributed by atoms with E-state index in [4.69, 9.17) is 0 Å². The molecule has 0 N–H and O–H groups in total. The molecule has 0 amide bonds. The normalized spacial score (nSPS) is 8.73. The third kappa shape index (κ3) is 3.36. The highest BCUT2D eigenvalue weighted by molar-refractivity contribution is 7.74. The fourth-order valence-corrected chi connectivity index (χ4v) is 0.702. The van der Waals surface area contributed by atoms with Gasteiger partial charge in [0.25, 0.3) is 0 Å². The van der Waals surface area contributed by atoms with Crippen LogP contribution in [0.4, 0.5) is 0 Å². The summed E-state index contributed by atoms with van der Waals surface area (Å²) in [6, 6.07) is 0. The second kappa shape index (κ2) is 3.71. The van der Waals surface area contributed by atoms with E-state index in [0.717, 1.165) is 0 Å². The highest BCUT2D eigenvalue weighted by Gasteiger charge is 2.02. The van der Waals surface area contributed by atoms with Crippen LogP contribution in [0.2, 0.25) is 0 Å². The van der Waals surface area contributed by atoms with Crippen molar-refractivity contribution in [3.8, 4) is 0 Å². The predicted octanol–water partition coefficient (Wildman–Crippen LogP) is -4.07. The van der Waals surface area contributed by atoms with E-state index < -0.39 is 33.5 Å². The second-order valence-corrected chi connectivity index (χ2v) is 2.46. The van der Waals surface area contributed by atoms with E-state index in [0.29, 0.717) is 0 Å². The van der Waals surface area contributed by atoms with Gasteiger partial charge in [-0.25, -0.2) is 0 Å². The highest BCUT2D eigenvalue weighted by Crippen LogP contribution is 1.80. The third-order valence-corrected chi connectivity index (χ3v) is 1.45. The van der Waals surface area contributed by atoms with Gasteiger partial charge in [-0.1, -0.05) is 0 Å². The molecule has 0 aromatic heterocycles. The van der Waals surface area contributed by atoms with E-state index in [1.165, 1.54) is 0 Å². The quantitative estimate of drug-likeness (QED) is 0.406. The molecule has 62 valence electrons. The van der Waals surface area contributed by atoms with Gasteiger partial charge in [0.05, 0.1) is 5.97 Å². The molecule has 0 aromatic rings. The van der Waals surface area contributed by atoms with Gasteiger partial charge in [-0.3, -0.25) is 0 Å². The van der Waals surface area contributed by atoms with Crippen molar-refractivity contribution in [2.45, 2.75) is 6.42 Å². The van der Waals surface area contributed by atoms with Crippen molar-refractivity contribution in [2.24, 2.45) is 0 Å². The lowest BCUT2D eigenvalue weighted by atomic mass is 10.3. The van der Waals surface area contributed by atoms with Gasteiger partial charge in [-0.05, 0) is 0 Å². The molecule has 0 fully saturated rings. The van der Waals surface area contributed by atoms with Crippen molar-refractivity contribution in [1.82, 2.24) is 0 Å². The van der Waals surface area contributed by atoms with Crippen molar-refractivity contribution >= 4 is 27.1 Å². The average Bonchev–Trinajstić information content (AvgIpc) is 1.81. The maximum absolute atomic E-state index is 9.93. The molecule has 0 rings (SSSR count). The van der Waals surface area contributed by atoms with Crippen LogP contribution in [0.3, 0.4) is 0 Å². The van der Waals surface area contributed by atoms with E-state index in [9.17, 15) is 28.2 Å². The zero-order valence-corrected chi connectivity index (χ0v) is 5.88. The zero-order valence-electron chi connectivity index (χ0n) is 5.06. The van der Waals surface area contributed by atoms with E-state index in [-0.39, 0.29) is 0 Å². The minimum atomic E-state index is -3.07. The number of carboxylic acid groups (broad SMARTS) is 2. The summed E-state index contributed by atoms with van der Waals surface area (Å²) in [5.41, 5.74) is 0. The smallest absolute Gasteiger partial charge is 0.219 e. The van der Waals surface area contributed by atoms with E-state index in [2.05, 4.69) is 0 Å². The fraction of sp³-hybridized carbons (Fsp3) is 0.250. The van der Waals surface area contributed by atoms with Crippen LogP contribution in [0.15, 0.2) is 0 Å². The largest absolute Gasteiger partial charge is 0.550 e. The van der Waals surface area contributed by atoms with Crippen molar-refractivity contribution in [2.75, 3.05) is 0 Å². The van der Waals surface area contributed by atoms with Crippen molar-refractivity contribution < 1.29 is 28.2 Å². The number of aliphatic carboxylic acids is 2. The minimum Gasteiger partial charge on any atom is -0.550 e. The first-order valence-corrected chi connectivity index (χ1v) is 3.39. The number of hydrogen-bond acceptors (Lipinski definition) is 6. The van der Waals surface area contributed by atoms with Gasteiger partial charge in [0, 0.05) is 12.4 Å². The zero-order chi connectivity index (χ0) is 9.02. The lowest BCUT2D eigenvalue weighted by Gasteiger charge is -2.02. The number of carbonyl (C=O) groups excluding carboxylic acids is 2. The van der Waals surface area contributed by atoms with E-state index in [1.807, 2.05) is 0 Å². The second-order valence-electron chi connectivity index (χ2n) is 1.49. The summed E-state index contributed by atoms with van der Waals surface area (Å²) in [6.07, 6.45) is -1.17. The number of carbonyl (C=O) groups is 2. The summed E-state index contributed by atoms with van der Waals surface area (Å²) in [6.45, 7) is 0. The Morgan fingerprint density at radius 2 is 1.64 bits per heavy atom. The summed E-state index contributed by atoms with van der Waals surface area (Å²) in [4.78, 5) is 18.3. The Kier molecular flexibility index (Phi) is 3.25. The molecule has 7 heteroatoms. The molecule has 0 saturated heterocycles. The fourth-order valence-electron chi connectivity index (χ4n) is 0.330. The first-order valence-electron chi connectivity index (χ1n) is 2.31. The molecule has 0 aliphatic heterocycles. The van der Waals surface area contributed by atoms with Gasteiger partial charge < -0.3 is 19.8 Å². The molecule has 0 saturated carbocycles. The Morgan fingerprint density at radius 3 is 1.73 bits per heavy atom. The lowest BCUT2D eigenvalue weighted by molar-refractivity contribution is -0.306. The summed E-state index contributed by atoms with van der Waals surface area (Å²) in [5.74, 6) is -3.81. The van der Waals surface area contributed by atoms with Crippen LogP contribution in [0.1, 0.15) is 6.42 Å². The first kappa shape index (κ1) is 9.63. The standard InChI is InChI=1S/C4H4O6S/c5-3(6)1-2(4(7)8)11(9)10/h1H2,(H,5,6)(H,7,8)/p-2. The Balaban J connectivity index is 4.82. The van der Waals surface area contributed by atoms with Gasteiger partial charge in [-0.15, -0.1) is 0 Å². The summed E-state index contributed by atoms with van der Waals surface area (Å²) in [5, 5.41) is 19.6. The maximum Gasteiger partial charge on any atom is 0.219 e. The van der Waals surface area contributed by atoms with Crippen molar-refractivity contribution in [3.05, 3.63) is 0 Å². The van der Waals surface area contributed by atoms with Crippen LogP contribution >= 0.6 is 0 Å². The maximum atomic E-state index is 9.93. The Morgan fingerprint density at radius 1 is 1.18 bits per heavy atom. The molecule has 0 aromatic carbocycles. The van der Waals surface area contributed by atoms with Crippen molar-refractivity contribution in [1.29, 1.82) is 0 Å². The summed E-state index contributed by atoms with van der Waals surface area (Å²) >= 11 is 0. The molecule has 11 heavy (non-hydrogen) atoms. The molecule has 0 atom stereocenters. The van der Waals surface area contributed by atoms with Gasteiger partial charge in [0.2, 0.25) is 10.3 Å². The van der Waals surface area contributed by atoms with E-state index >= 15 is 0 Å². The molecule has 0 aliphatic rings. The van der Waals surface area contributed by atoms with Crippen molar-refractivity contribution in [3.63, 3.8) is 0 Å². The molecule has 0 heterocycles. The number of hydrogen-bond donors (Lipinski definition) is 0. The lowest BCUT2D eigenvalue weighted by Crippen LogP contribution is -2.37. The number of rotatable bonds is 3. The van der Waals surface area contributed by atoms with Gasteiger partial charge in [0.15, 0.2) is 0 Å². The Bertz CT molecular complexity index is 301. The SMILES string of the molecule is O=C([O-])CC(C(=O)[O-])=S(=O)=O. The predicted molar refractivity (Wildman–Crippen MR) is 28.6 cm³/mol.